The van der Waals surface area contributed by atoms with E-state index < -0.39 is 23.6 Å². The van der Waals surface area contributed by atoms with Gasteiger partial charge >= 0.3 is 6.18 Å². The van der Waals surface area contributed by atoms with Gasteiger partial charge in [0.1, 0.15) is 11.4 Å². The zero-order valence-corrected chi connectivity index (χ0v) is 18.8. The molecule has 0 saturated heterocycles. The lowest BCUT2D eigenvalue weighted by Crippen LogP contribution is -2.15. The van der Waals surface area contributed by atoms with Crippen LogP contribution in [0.4, 0.5) is 24.9 Å². The van der Waals surface area contributed by atoms with Gasteiger partial charge in [-0.05, 0) is 53.6 Å². The summed E-state index contributed by atoms with van der Waals surface area (Å²) in [6, 6.07) is 17.7. The summed E-state index contributed by atoms with van der Waals surface area (Å²) in [7, 11) is 0. The molecule has 1 unspecified atom stereocenters. The van der Waals surface area contributed by atoms with Crippen molar-refractivity contribution < 1.29 is 13.2 Å². The number of fused-ring (bicyclic) bond motifs is 1. The van der Waals surface area contributed by atoms with E-state index >= 15 is 0 Å². The van der Waals surface area contributed by atoms with Gasteiger partial charge in [-0.3, -0.25) is 4.79 Å². The van der Waals surface area contributed by atoms with Crippen molar-refractivity contribution >= 4 is 34.1 Å². The summed E-state index contributed by atoms with van der Waals surface area (Å²) >= 11 is 6.32. The lowest BCUT2D eigenvalue weighted by atomic mass is 9.97. The van der Waals surface area contributed by atoms with Crippen molar-refractivity contribution in [1.82, 2.24) is 9.97 Å². The van der Waals surface area contributed by atoms with E-state index in [1.807, 2.05) is 43.3 Å². The lowest BCUT2D eigenvalue weighted by Gasteiger charge is -2.18. The monoisotopic (exact) mass is 484 g/mol. The zero-order chi connectivity index (χ0) is 24.5. The largest absolute Gasteiger partial charge is 0.421 e. The number of alkyl halides is 3. The normalized spacial score (nSPS) is 12.5. The summed E-state index contributed by atoms with van der Waals surface area (Å²) in [6.45, 7) is 1.81. The van der Waals surface area contributed by atoms with E-state index in [0.717, 1.165) is 16.7 Å². The number of nitrogens with two attached hydrogens (primary N) is 1. The van der Waals surface area contributed by atoms with Crippen molar-refractivity contribution in [2.45, 2.75) is 25.6 Å². The van der Waals surface area contributed by atoms with Gasteiger partial charge < -0.3 is 11.1 Å². The van der Waals surface area contributed by atoms with Crippen LogP contribution in [-0.2, 0) is 12.6 Å². The van der Waals surface area contributed by atoms with Gasteiger partial charge in [0.15, 0.2) is 5.43 Å². The molecule has 0 spiro atoms. The third-order valence-corrected chi connectivity index (χ3v) is 5.77. The SMILES string of the molecule is CC(Nc1ncc(C(F)(F)F)c(N)n1)c1cc2cccc(Cl)c2c(=O)cc1Cc1ccccc1. The highest BCUT2D eigenvalue weighted by Crippen LogP contribution is 2.33. The Balaban J connectivity index is 1.81. The molecule has 3 aromatic carbocycles. The second-order valence-corrected chi connectivity index (χ2v) is 8.26. The van der Waals surface area contributed by atoms with Crippen LogP contribution in [0, 0.1) is 0 Å². The van der Waals surface area contributed by atoms with Gasteiger partial charge in [-0.2, -0.15) is 18.2 Å². The van der Waals surface area contributed by atoms with Crippen LogP contribution in [0.25, 0.3) is 10.8 Å². The first-order chi connectivity index (χ1) is 16.1. The summed E-state index contributed by atoms with van der Waals surface area (Å²) in [6.07, 6.45) is -3.53. The Morgan fingerprint density at radius 2 is 1.82 bits per heavy atom. The van der Waals surface area contributed by atoms with E-state index in [-0.39, 0.29) is 11.4 Å². The topological polar surface area (TPSA) is 80.9 Å². The molecule has 1 heterocycles. The average Bonchev–Trinajstić information content (AvgIpc) is 2.90. The van der Waals surface area contributed by atoms with Gasteiger partial charge in [0.05, 0.1) is 11.1 Å². The molecule has 0 radical (unpaired) electrons. The number of hydrogen-bond acceptors (Lipinski definition) is 5. The Hall–Kier alpha value is -3.65. The number of halogens is 4. The summed E-state index contributed by atoms with van der Waals surface area (Å²) in [5.74, 6) is -0.723. The fraction of sp³-hybridized carbons (Fsp3) is 0.160. The molecular formula is C25H20ClF3N4O. The Kier molecular flexibility index (Phi) is 6.43. The van der Waals surface area contributed by atoms with Gasteiger partial charge in [-0.1, -0.05) is 54.1 Å². The molecular weight excluding hydrogens is 465 g/mol. The number of nitrogen functional groups attached to an aromatic ring is 1. The first-order valence-electron chi connectivity index (χ1n) is 10.4. The number of benzene rings is 2. The Bertz CT molecular complexity index is 1410. The van der Waals surface area contributed by atoms with Crippen molar-refractivity contribution in [3.63, 3.8) is 0 Å². The molecule has 0 aliphatic carbocycles. The zero-order valence-electron chi connectivity index (χ0n) is 18.0. The molecule has 0 aliphatic heterocycles. The second-order valence-electron chi connectivity index (χ2n) is 7.86. The molecule has 9 heteroatoms. The molecule has 174 valence electrons. The van der Waals surface area contributed by atoms with Gasteiger partial charge in [0, 0.05) is 11.6 Å². The number of anilines is 2. The number of nitrogens with one attached hydrogen (secondary N) is 1. The van der Waals surface area contributed by atoms with Gasteiger partial charge in [-0.25, -0.2) is 4.98 Å². The molecule has 0 bridgehead atoms. The molecule has 1 aromatic heterocycles. The fourth-order valence-corrected chi connectivity index (χ4v) is 4.10. The minimum atomic E-state index is -4.65. The molecule has 4 aromatic rings. The van der Waals surface area contributed by atoms with Crippen LogP contribution in [0.3, 0.4) is 0 Å². The van der Waals surface area contributed by atoms with Crippen molar-refractivity contribution in [2.24, 2.45) is 0 Å². The van der Waals surface area contributed by atoms with Gasteiger partial charge in [0.25, 0.3) is 0 Å². The van der Waals surface area contributed by atoms with E-state index in [0.29, 0.717) is 28.4 Å². The molecule has 0 fully saturated rings. The Labute approximate surface area is 198 Å². The second kappa shape index (κ2) is 9.30. The Morgan fingerprint density at radius 3 is 2.50 bits per heavy atom. The predicted octanol–water partition coefficient (Wildman–Crippen LogP) is 6.01. The summed E-state index contributed by atoms with van der Waals surface area (Å²) in [5, 5.41) is 4.40. The quantitative estimate of drug-likeness (QED) is 0.362. The maximum Gasteiger partial charge on any atom is 0.421 e. The summed E-state index contributed by atoms with van der Waals surface area (Å²) < 4.78 is 39.0. The molecule has 4 rings (SSSR count). The molecule has 1 atom stereocenters. The smallest absolute Gasteiger partial charge is 0.383 e. The van der Waals surface area contributed by atoms with Crippen LogP contribution in [0.2, 0.25) is 5.02 Å². The number of rotatable bonds is 5. The van der Waals surface area contributed by atoms with Gasteiger partial charge in [0.2, 0.25) is 5.95 Å². The highest BCUT2D eigenvalue weighted by molar-refractivity contribution is 6.35. The van der Waals surface area contributed by atoms with E-state index in [1.54, 1.807) is 24.3 Å². The highest BCUT2D eigenvalue weighted by atomic mass is 35.5. The third kappa shape index (κ3) is 4.97. The van der Waals surface area contributed by atoms with E-state index in [2.05, 4.69) is 15.3 Å². The molecule has 0 saturated carbocycles. The van der Waals surface area contributed by atoms with Crippen molar-refractivity contribution in [3.8, 4) is 0 Å². The molecule has 0 aliphatic rings. The molecule has 3 N–H and O–H groups in total. The summed E-state index contributed by atoms with van der Waals surface area (Å²) in [4.78, 5) is 20.6. The minimum Gasteiger partial charge on any atom is -0.383 e. The van der Waals surface area contributed by atoms with Crippen molar-refractivity contribution in [3.05, 3.63) is 104 Å². The maximum absolute atomic E-state index is 13.1. The van der Waals surface area contributed by atoms with Crippen molar-refractivity contribution in [1.29, 1.82) is 0 Å². The van der Waals surface area contributed by atoms with E-state index in [9.17, 15) is 18.0 Å². The number of hydrogen-bond donors (Lipinski definition) is 2. The number of nitrogens with zero attached hydrogens (tertiary/aromatic N) is 2. The average molecular weight is 485 g/mol. The highest BCUT2D eigenvalue weighted by Gasteiger charge is 2.34. The first kappa shape index (κ1) is 23.5. The molecule has 0 amide bonds. The lowest BCUT2D eigenvalue weighted by molar-refractivity contribution is -0.137. The molecule has 34 heavy (non-hydrogen) atoms. The van der Waals surface area contributed by atoms with Crippen LogP contribution in [0.1, 0.15) is 35.2 Å². The fourth-order valence-electron chi connectivity index (χ4n) is 3.82. The van der Waals surface area contributed by atoms with Crippen LogP contribution in [0.5, 0.6) is 0 Å². The van der Waals surface area contributed by atoms with Gasteiger partial charge in [-0.15, -0.1) is 0 Å². The standard InChI is InChI=1S/C25H20ClF3N4O/c1-14(32-24-31-13-19(23(30)33-24)25(27,28)29)18-11-16-8-5-9-20(26)22(16)21(34)12-17(18)10-15-6-3-2-4-7-15/h2-9,11-14H,10H2,1H3,(H3,30,31,32,33). The van der Waals surface area contributed by atoms with E-state index in [1.165, 1.54) is 0 Å². The maximum atomic E-state index is 13.1. The van der Waals surface area contributed by atoms with Crippen molar-refractivity contribution in [2.75, 3.05) is 11.1 Å². The Morgan fingerprint density at radius 1 is 1.09 bits per heavy atom. The minimum absolute atomic E-state index is 0.0557. The van der Waals surface area contributed by atoms with Crippen LogP contribution < -0.4 is 16.5 Å². The molecule has 5 nitrogen and oxygen atoms in total. The van der Waals surface area contributed by atoms with Crippen LogP contribution >= 0.6 is 11.6 Å². The van der Waals surface area contributed by atoms with Crippen LogP contribution in [0.15, 0.2) is 71.7 Å². The number of aromatic nitrogens is 2. The summed E-state index contributed by atoms with van der Waals surface area (Å²) in [5.41, 5.74) is 6.68. The van der Waals surface area contributed by atoms with E-state index in [4.69, 9.17) is 17.3 Å². The van der Waals surface area contributed by atoms with Crippen LogP contribution in [-0.4, -0.2) is 9.97 Å². The third-order valence-electron chi connectivity index (χ3n) is 5.45. The first-order valence-corrected chi connectivity index (χ1v) is 10.8. The predicted molar refractivity (Wildman–Crippen MR) is 128 cm³/mol.